The number of hydrogen-bond acceptors (Lipinski definition) is 4. The fourth-order valence-electron chi connectivity index (χ4n) is 2.39. The molecule has 0 atom stereocenters. The number of imidazole rings is 1. The Balaban J connectivity index is 2.04. The van der Waals surface area contributed by atoms with Crippen LogP contribution >= 0.6 is 0 Å². The molecule has 7 nitrogen and oxygen atoms in total. The molecule has 0 aliphatic carbocycles. The Morgan fingerprint density at radius 2 is 2.04 bits per heavy atom. The molecule has 0 aliphatic heterocycles. The van der Waals surface area contributed by atoms with Crippen LogP contribution in [-0.2, 0) is 27.4 Å². The van der Waals surface area contributed by atoms with Crippen molar-refractivity contribution in [2.75, 3.05) is 19.8 Å². The van der Waals surface area contributed by atoms with Gasteiger partial charge in [-0.25, -0.2) is 4.98 Å². The topological polar surface area (TPSA) is 85.2 Å². The van der Waals surface area contributed by atoms with E-state index in [0.29, 0.717) is 32.1 Å². The van der Waals surface area contributed by atoms with Gasteiger partial charge in [-0.3, -0.25) is 9.59 Å². The van der Waals surface area contributed by atoms with Gasteiger partial charge in [0.1, 0.15) is 12.4 Å². The van der Waals surface area contributed by atoms with Crippen molar-refractivity contribution in [3.05, 3.63) is 30.1 Å². The second-order valence-electron chi connectivity index (χ2n) is 5.41. The number of fused-ring (bicyclic) bond motifs is 1. The fourth-order valence-corrected chi connectivity index (χ4v) is 2.39. The van der Waals surface area contributed by atoms with Gasteiger partial charge in [-0.05, 0) is 25.5 Å². The van der Waals surface area contributed by atoms with E-state index in [4.69, 9.17) is 4.74 Å². The summed E-state index contributed by atoms with van der Waals surface area (Å²) in [7, 11) is 0. The van der Waals surface area contributed by atoms with Crippen LogP contribution in [0.25, 0.3) is 11.0 Å². The van der Waals surface area contributed by atoms with Gasteiger partial charge in [-0.15, -0.1) is 0 Å². The van der Waals surface area contributed by atoms with E-state index >= 15 is 0 Å². The van der Waals surface area contributed by atoms with Gasteiger partial charge in [0.25, 0.3) is 0 Å². The van der Waals surface area contributed by atoms with Crippen LogP contribution in [0.1, 0.15) is 26.1 Å². The monoisotopic (exact) mass is 332 g/mol. The molecule has 0 bridgehead atoms. The Bertz CT molecular complexity index is 696. The quantitative estimate of drug-likeness (QED) is 0.676. The highest BCUT2D eigenvalue weighted by atomic mass is 16.5. The molecule has 1 heterocycles. The summed E-state index contributed by atoms with van der Waals surface area (Å²) in [6, 6.07) is 7.61. The number of hydrogen-bond donors (Lipinski definition) is 2. The standard InChI is InChI=1S/C17H24N4O3/c1-3-24-10-6-9-18-17(23)12-21-15-8-5-4-7-14(15)20-16(21)11-19-13(2)22/h4-5,7-8H,3,6,9-12H2,1-2H3,(H,18,23)(H,19,22). The zero-order chi connectivity index (χ0) is 17.4. The molecule has 2 amide bonds. The number of carbonyl (C=O) groups is 2. The molecule has 2 N–H and O–H groups in total. The van der Waals surface area contributed by atoms with Crippen LogP contribution in [-0.4, -0.2) is 41.1 Å². The minimum Gasteiger partial charge on any atom is -0.382 e. The molecule has 0 saturated heterocycles. The van der Waals surface area contributed by atoms with E-state index in [-0.39, 0.29) is 18.4 Å². The van der Waals surface area contributed by atoms with Crippen molar-refractivity contribution in [2.24, 2.45) is 0 Å². The lowest BCUT2D eigenvalue weighted by molar-refractivity contribution is -0.121. The van der Waals surface area contributed by atoms with Gasteiger partial charge < -0.3 is 19.9 Å². The third-order valence-corrected chi connectivity index (χ3v) is 3.52. The molecule has 2 rings (SSSR count). The van der Waals surface area contributed by atoms with Gasteiger partial charge in [-0.2, -0.15) is 0 Å². The van der Waals surface area contributed by atoms with Gasteiger partial charge in [0.2, 0.25) is 11.8 Å². The van der Waals surface area contributed by atoms with Crippen molar-refractivity contribution in [3.63, 3.8) is 0 Å². The summed E-state index contributed by atoms with van der Waals surface area (Å²) in [6.07, 6.45) is 0.781. The van der Waals surface area contributed by atoms with Crippen LogP contribution in [0.15, 0.2) is 24.3 Å². The van der Waals surface area contributed by atoms with E-state index in [1.54, 1.807) is 0 Å². The molecule has 0 unspecified atom stereocenters. The van der Waals surface area contributed by atoms with Crippen molar-refractivity contribution in [3.8, 4) is 0 Å². The van der Waals surface area contributed by atoms with Gasteiger partial charge >= 0.3 is 0 Å². The molecule has 1 aromatic heterocycles. The van der Waals surface area contributed by atoms with E-state index in [0.717, 1.165) is 17.5 Å². The second-order valence-corrected chi connectivity index (χ2v) is 5.41. The molecule has 24 heavy (non-hydrogen) atoms. The van der Waals surface area contributed by atoms with E-state index in [2.05, 4.69) is 15.6 Å². The predicted molar refractivity (Wildman–Crippen MR) is 91.4 cm³/mol. The molecule has 0 saturated carbocycles. The third-order valence-electron chi connectivity index (χ3n) is 3.52. The first-order chi connectivity index (χ1) is 11.6. The molecule has 0 radical (unpaired) electrons. The molecular weight excluding hydrogens is 308 g/mol. The highest BCUT2D eigenvalue weighted by molar-refractivity contribution is 5.81. The first-order valence-electron chi connectivity index (χ1n) is 8.14. The Labute approximate surface area is 141 Å². The summed E-state index contributed by atoms with van der Waals surface area (Å²) in [5.41, 5.74) is 1.68. The summed E-state index contributed by atoms with van der Waals surface area (Å²) < 4.78 is 7.08. The molecule has 2 aromatic rings. The maximum atomic E-state index is 12.2. The number of benzene rings is 1. The number of para-hydroxylation sites is 2. The SMILES string of the molecule is CCOCCCNC(=O)Cn1c(CNC(C)=O)nc2ccccc21. The minimum absolute atomic E-state index is 0.0845. The lowest BCUT2D eigenvalue weighted by Crippen LogP contribution is -2.30. The van der Waals surface area contributed by atoms with Gasteiger partial charge in [0.15, 0.2) is 0 Å². The van der Waals surface area contributed by atoms with Crippen LogP contribution in [0.5, 0.6) is 0 Å². The number of ether oxygens (including phenoxy) is 1. The lowest BCUT2D eigenvalue weighted by Gasteiger charge is -2.10. The highest BCUT2D eigenvalue weighted by Gasteiger charge is 2.13. The highest BCUT2D eigenvalue weighted by Crippen LogP contribution is 2.15. The average Bonchev–Trinajstić information content (AvgIpc) is 2.90. The summed E-state index contributed by atoms with van der Waals surface area (Å²) in [4.78, 5) is 27.9. The van der Waals surface area contributed by atoms with Crippen molar-refractivity contribution >= 4 is 22.8 Å². The van der Waals surface area contributed by atoms with E-state index in [1.807, 2.05) is 35.8 Å². The molecule has 0 fully saturated rings. The van der Waals surface area contributed by atoms with Crippen LogP contribution < -0.4 is 10.6 Å². The maximum absolute atomic E-state index is 12.2. The van der Waals surface area contributed by atoms with Crippen LogP contribution in [0.2, 0.25) is 0 Å². The first kappa shape index (κ1) is 17.9. The number of nitrogens with one attached hydrogen (secondary N) is 2. The maximum Gasteiger partial charge on any atom is 0.240 e. The van der Waals surface area contributed by atoms with Crippen molar-refractivity contribution in [1.82, 2.24) is 20.2 Å². The Hall–Kier alpha value is -2.41. The zero-order valence-electron chi connectivity index (χ0n) is 14.2. The molecule has 0 spiro atoms. The number of aromatic nitrogens is 2. The van der Waals surface area contributed by atoms with Gasteiger partial charge in [0, 0.05) is 26.7 Å². The third kappa shape index (κ3) is 5.06. The van der Waals surface area contributed by atoms with Gasteiger partial charge in [-0.1, -0.05) is 12.1 Å². The lowest BCUT2D eigenvalue weighted by atomic mass is 10.3. The van der Waals surface area contributed by atoms with E-state index in [1.165, 1.54) is 6.92 Å². The molecule has 130 valence electrons. The molecule has 1 aromatic carbocycles. The summed E-state index contributed by atoms with van der Waals surface area (Å²) in [6.45, 7) is 5.76. The van der Waals surface area contributed by atoms with Crippen molar-refractivity contribution in [1.29, 1.82) is 0 Å². The number of rotatable bonds is 9. The molecule has 0 aliphatic rings. The number of nitrogens with zero attached hydrogens (tertiary/aromatic N) is 2. The van der Waals surface area contributed by atoms with Crippen LogP contribution in [0, 0.1) is 0 Å². The van der Waals surface area contributed by atoms with Crippen molar-refractivity contribution in [2.45, 2.75) is 33.4 Å². The smallest absolute Gasteiger partial charge is 0.240 e. The zero-order valence-corrected chi connectivity index (χ0v) is 14.2. The fraction of sp³-hybridized carbons (Fsp3) is 0.471. The normalized spacial score (nSPS) is 10.8. The Morgan fingerprint density at radius 3 is 2.79 bits per heavy atom. The largest absolute Gasteiger partial charge is 0.382 e. The van der Waals surface area contributed by atoms with Crippen LogP contribution in [0.4, 0.5) is 0 Å². The summed E-state index contributed by atoms with van der Waals surface area (Å²) >= 11 is 0. The van der Waals surface area contributed by atoms with E-state index < -0.39 is 0 Å². The second kappa shape index (κ2) is 9.02. The molecule has 7 heteroatoms. The predicted octanol–water partition coefficient (Wildman–Crippen LogP) is 1.22. The van der Waals surface area contributed by atoms with Crippen LogP contribution in [0.3, 0.4) is 0 Å². The minimum atomic E-state index is -0.131. The van der Waals surface area contributed by atoms with E-state index in [9.17, 15) is 9.59 Å². The van der Waals surface area contributed by atoms with Crippen molar-refractivity contribution < 1.29 is 14.3 Å². The summed E-state index contributed by atoms with van der Waals surface area (Å²) in [5.74, 6) is 0.448. The Kier molecular flexibility index (Phi) is 6.74. The molecular formula is C17H24N4O3. The summed E-state index contributed by atoms with van der Waals surface area (Å²) in [5, 5.41) is 5.61. The number of amides is 2. The Morgan fingerprint density at radius 1 is 1.25 bits per heavy atom. The average molecular weight is 332 g/mol. The van der Waals surface area contributed by atoms with Gasteiger partial charge in [0.05, 0.1) is 17.6 Å². The first-order valence-corrected chi connectivity index (χ1v) is 8.14. The number of carbonyl (C=O) groups excluding carboxylic acids is 2.